The zero-order valence-electron chi connectivity index (χ0n) is 20.8. The van der Waals surface area contributed by atoms with Gasteiger partial charge < -0.3 is 4.74 Å². The number of para-hydroxylation sites is 1. The summed E-state index contributed by atoms with van der Waals surface area (Å²) in [5.74, 6) is 0.650. The number of halogens is 1. The third-order valence-electron chi connectivity index (χ3n) is 6.12. The first kappa shape index (κ1) is 26.2. The Balaban J connectivity index is 1.49. The van der Waals surface area contributed by atoms with Crippen LogP contribution in [0, 0.1) is 0 Å². The van der Waals surface area contributed by atoms with Gasteiger partial charge in [-0.1, -0.05) is 97.5 Å². The Morgan fingerprint density at radius 3 is 2.63 bits per heavy atom. The van der Waals surface area contributed by atoms with Crippen molar-refractivity contribution in [3.63, 3.8) is 0 Å². The van der Waals surface area contributed by atoms with Crippen LogP contribution in [0.2, 0.25) is 5.02 Å². The average Bonchev–Trinajstić information content (AvgIpc) is 3.48. The van der Waals surface area contributed by atoms with Gasteiger partial charge in [-0.2, -0.15) is 5.10 Å². The highest BCUT2D eigenvalue weighted by Gasteiger charge is 2.32. The summed E-state index contributed by atoms with van der Waals surface area (Å²) < 4.78 is 8.49. The van der Waals surface area contributed by atoms with E-state index in [4.69, 9.17) is 33.7 Å². The van der Waals surface area contributed by atoms with Crippen molar-refractivity contribution >= 4 is 51.9 Å². The quantitative estimate of drug-likeness (QED) is 0.155. The van der Waals surface area contributed by atoms with Crippen molar-refractivity contribution in [2.24, 2.45) is 0 Å². The van der Waals surface area contributed by atoms with Crippen LogP contribution in [-0.2, 0) is 11.4 Å². The zero-order valence-corrected chi connectivity index (χ0v) is 23.2. The lowest BCUT2D eigenvalue weighted by molar-refractivity contribution is -0.122. The van der Waals surface area contributed by atoms with Gasteiger partial charge in [0.25, 0.3) is 5.91 Å². The monoisotopic (exact) mass is 559 g/mol. The Kier molecular flexibility index (Phi) is 8.27. The molecule has 0 saturated carbocycles. The number of ether oxygens (including phenoxy) is 1. The minimum atomic E-state index is -0.0521. The van der Waals surface area contributed by atoms with E-state index in [0.717, 1.165) is 40.9 Å². The van der Waals surface area contributed by atoms with Gasteiger partial charge >= 0.3 is 0 Å². The number of rotatable bonds is 9. The molecule has 0 radical (unpaired) electrons. The molecule has 1 saturated heterocycles. The Morgan fingerprint density at radius 1 is 1.05 bits per heavy atom. The highest BCUT2D eigenvalue weighted by atomic mass is 35.5. The molecule has 0 atom stereocenters. The third-order valence-corrected chi connectivity index (χ3v) is 7.86. The van der Waals surface area contributed by atoms with Crippen LogP contribution in [0.25, 0.3) is 23.0 Å². The van der Waals surface area contributed by atoms with Crippen LogP contribution in [0.4, 0.5) is 0 Å². The predicted octanol–water partition coefficient (Wildman–Crippen LogP) is 7.77. The number of amides is 1. The second-order valence-electron chi connectivity index (χ2n) is 8.81. The molecule has 1 aliphatic heterocycles. The normalized spacial score (nSPS) is 14.5. The molecule has 8 heteroatoms. The first-order chi connectivity index (χ1) is 18.5. The molecule has 1 fully saturated rings. The Labute approximate surface area is 237 Å². The molecule has 5 rings (SSSR count). The van der Waals surface area contributed by atoms with E-state index in [2.05, 4.69) is 6.92 Å². The number of thioether (sulfide) groups is 1. The Morgan fingerprint density at radius 2 is 1.84 bits per heavy atom. The lowest BCUT2D eigenvalue weighted by atomic mass is 10.1. The van der Waals surface area contributed by atoms with Gasteiger partial charge in [0.2, 0.25) is 0 Å². The molecule has 4 aromatic rings. The van der Waals surface area contributed by atoms with Crippen LogP contribution >= 0.6 is 35.6 Å². The average molecular weight is 560 g/mol. The fourth-order valence-corrected chi connectivity index (χ4v) is 5.58. The van der Waals surface area contributed by atoms with Gasteiger partial charge in [-0.15, -0.1) is 0 Å². The first-order valence-corrected chi connectivity index (χ1v) is 14.0. The van der Waals surface area contributed by atoms with E-state index in [1.165, 1.54) is 11.8 Å². The molecule has 5 nitrogen and oxygen atoms in total. The van der Waals surface area contributed by atoms with Gasteiger partial charge in [0, 0.05) is 34.5 Å². The van der Waals surface area contributed by atoms with Crippen LogP contribution in [0.5, 0.6) is 5.75 Å². The standard InChI is InChI=1S/C30H26ClN3O2S2/c1-2-3-16-33-29(35)27(38-30(33)37)18-23-19-34(24-12-5-4-6-13-24)32-28(23)21-11-9-14-25(17-21)36-20-22-10-7-8-15-26(22)31/h4-15,17-19H,2-3,16,20H2,1H3. The van der Waals surface area contributed by atoms with E-state index in [-0.39, 0.29) is 5.91 Å². The van der Waals surface area contributed by atoms with E-state index < -0.39 is 0 Å². The minimum Gasteiger partial charge on any atom is -0.489 e. The molecule has 3 aromatic carbocycles. The molecule has 38 heavy (non-hydrogen) atoms. The van der Waals surface area contributed by atoms with Crippen molar-refractivity contribution < 1.29 is 9.53 Å². The second-order valence-corrected chi connectivity index (χ2v) is 10.9. The predicted molar refractivity (Wildman–Crippen MR) is 160 cm³/mol. The fourth-order valence-electron chi connectivity index (χ4n) is 4.09. The molecule has 0 bridgehead atoms. The molecule has 0 aliphatic carbocycles. The first-order valence-electron chi connectivity index (χ1n) is 12.4. The van der Waals surface area contributed by atoms with Crippen molar-refractivity contribution in [2.45, 2.75) is 26.4 Å². The number of hydrogen-bond acceptors (Lipinski definition) is 5. The lowest BCUT2D eigenvalue weighted by Crippen LogP contribution is -2.28. The van der Waals surface area contributed by atoms with E-state index in [1.54, 1.807) is 4.90 Å². The highest BCUT2D eigenvalue weighted by Crippen LogP contribution is 2.35. The summed E-state index contributed by atoms with van der Waals surface area (Å²) in [5, 5.41) is 5.58. The molecule has 2 heterocycles. The number of hydrogen-bond donors (Lipinski definition) is 0. The number of unbranched alkanes of at least 4 members (excludes halogenated alkanes) is 1. The van der Waals surface area contributed by atoms with Crippen molar-refractivity contribution in [3.05, 3.63) is 106 Å². The summed E-state index contributed by atoms with van der Waals surface area (Å²) in [6, 6.07) is 25.3. The van der Waals surface area contributed by atoms with Gasteiger partial charge in [-0.3, -0.25) is 9.69 Å². The van der Waals surface area contributed by atoms with E-state index in [0.29, 0.717) is 33.1 Å². The highest BCUT2D eigenvalue weighted by molar-refractivity contribution is 8.26. The number of aromatic nitrogens is 2. The summed E-state index contributed by atoms with van der Waals surface area (Å²) in [4.78, 5) is 15.4. The molecular formula is C30H26ClN3O2S2. The molecular weight excluding hydrogens is 534 g/mol. The lowest BCUT2D eigenvalue weighted by Gasteiger charge is -2.13. The number of carbonyl (C=O) groups is 1. The van der Waals surface area contributed by atoms with E-state index in [9.17, 15) is 4.79 Å². The summed E-state index contributed by atoms with van der Waals surface area (Å²) in [5.41, 5.74) is 4.29. The maximum Gasteiger partial charge on any atom is 0.266 e. The molecule has 0 spiro atoms. The third kappa shape index (κ3) is 5.85. The number of thiocarbonyl (C=S) groups is 1. The van der Waals surface area contributed by atoms with Crippen LogP contribution < -0.4 is 4.74 Å². The smallest absolute Gasteiger partial charge is 0.266 e. The second kappa shape index (κ2) is 12.0. The van der Waals surface area contributed by atoms with Gasteiger partial charge in [-0.05, 0) is 42.8 Å². The van der Waals surface area contributed by atoms with Gasteiger partial charge in [0.05, 0.1) is 10.6 Å². The largest absolute Gasteiger partial charge is 0.489 e. The van der Waals surface area contributed by atoms with Crippen molar-refractivity contribution in [2.75, 3.05) is 6.54 Å². The van der Waals surface area contributed by atoms with E-state index >= 15 is 0 Å². The molecule has 1 amide bonds. The number of carbonyl (C=O) groups excluding carboxylic acids is 1. The van der Waals surface area contributed by atoms with Gasteiger partial charge in [0.1, 0.15) is 22.4 Å². The van der Waals surface area contributed by atoms with Crippen LogP contribution in [0.15, 0.2) is 90.0 Å². The van der Waals surface area contributed by atoms with Crippen LogP contribution in [0.3, 0.4) is 0 Å². The minimum absolute atomic E-state index is 0.0521. The van der Waals surface area contributed by atoms with Crippen LogP contribution in [-0.4, -0.2) is 31.5 Å². The maximum absolute atomic E-state index is 13.1. The summed E-state index contributed by atoms with van der Waals surface area (Å²) >= 11 is 13.1. The van der Waals surface area contributed by atoms with Crippen molar-refractivity contribution in [1.82, 2.24) is 14.7 Å². The summed E-state index contributed by atoms with van der Waals surface area (Å²) in [6.07, 6.45) is 5.75. The SMILES string of the molecule is CCCCN1C(=O)C(=Cc2cn(-c3ccccc3)nc2-c2cccc(OCc3ccccc3Cl)c2)SC1=S. The molecule has 1 aliphatic rings. The number of benzene rings is 3. The molecule has 0 unspecified atom stereocenters. The van der Waals surface area contributed by atoms with Crippen molar-refractivity contribution in [3.8, 4) is 22.7 Å². The van der Waals surface area contributed by atoms with E-state index in [1.807, 2.05) is 95.8 Å². The zero-order chi connectivity index (χ0) is 26.5. The van der Waals surface area contributed by atoms with Crippen LogP contribution in [0.1, 0.15) is 30.9 Å². The Bertz CT molecular complexity index is 1500. The topological polar surface area (TPSA) is 47.4 Å². The summed E-state index contributed by atoms with van der Waals surface area (Å²) in [6.45, 7) is 3.10. The summed E-state index contributed by atoms with van der Waals surface area (Å²) in [7, 11) is 0. The van der Waals surface area contributed by atoms with Gasteiger partial charge in [0.15, 0.2) is 0 Å². The Hall–Kier alpha value is -3.39. The maximum atomic E-state index is 13.1. The number of nitrogens with zero attached hydrogens (tertiary/aromatic N) is 3. The molecule has 1 aromatic heterocycles. The molecule has 0 N–H and O–H groups in total. The van der Waals surface area contributed by atoms with Crippen molar-refractivity contribution in [1.29, 1.82) is 0 Å². The van der Waals surface area contributed by atoms with Gasteiger partial charge in [-0.25, -0.2) is 4.68 Å². The fraction of sp³-hybridized carbons (Fsp3) is 0.167. The molecule has 192 valence electrons.